The van der Waals surface area contributed by atoms with Crippen molar-refractivity contribution in [3.8, 4) is 44.5 Å². The Kier molecular flexibility index (Phi) is 11.2. The number of nitrogens with zero attached hydrogens (tertiary/aromatic N) is 1. The molecule has 0 spiro atoms. The van der Waals surface area contributed by atoms with Crippen LogP contribution in [0, 0.1) is 0 Å². The van der Waals surface area contributed by atoms with Crippen molar-refractivity contribution in [2.75, 3.05) is 5.32 Å². The van der Waals surface area contributed by atoms with Crippen LogP contribution >= 0.6 is 12.6 Å². The van der Waals surface area contributed by atoms with Gasteiger partial charge >= 0.3 is 0 Å². The van der Waals surface area contributed by atoms with Crippen molar-refractivity contribution >= 4 is 29.8 Å². The fourth-order valence-corrected chi connectivity index (χ4v) is 7.36. The van der Waals surface area contributed by atoms with Gasteiger partial charge in [-0.3, -0.25) is 4.99 Å². The lowest BCUT2D eigenvalue weighted by molar-refractivity contribution is 0.679. The lowest BCUT2D eigenvalue weighted by atomic mass is 9.93. The number of hydrogen-bond acceptors (Lipinski definition) is 4. The second kappa shape index (κ2) is 17.2. The molecule has 0 aliphatic carbocycles. The van der Waals surface area contributed by atoms with Crippen LogP contribution in [0.2, 0.25) is 0 Å². The Hall–Kier alpha value is -6.66. The normalized spacial score (nSPS) is 11.9. The molecule has 0 aromatic heterocycles. The molecule has 5 heteroatoms. The molecule has 8 rings (SSSR count). The van der Waals surface area contributed by atoms with E-state index in [4.69, 9.17) is 23.4 Å². The van der Waals surface area contributed by atoms with Gasteiger partial charge in [0.2, 0.25) is 0 Å². The number of hydrogen-bond donors (Lipinski definition) is 4. The zero-order chi connectivity index (χ0) is 38.1. The summed E-state index contributed by atoms with van der Waals surface area (Å²) < 4.78 is 0. The van der Waals surface area contributed by atoms with Crippen LogP contribution in [0.4, 0.5) is 11.4 Å². The highest BCUT2D eigenvalue weighted by Crippen LogP contribution is 2.40. The molecule has 56 heavy (non-hydrogen) atoms. The number of aliphatic imine (C=N–C) groups is 1. The highest BCUT2D eigenvalue weighted by molar-refractivity contribution is 7.80. The smallest absolute Gasteiger partial charge is 0.130 e. The minimum atomic E-state index is -0.499. The standard InChI is InChI=1S/C51H42N4S/c52-50(55-51(39-22-11-4-12-23-39)53-35-36-16-5-1-6-17-36)43-26-14-27-44(33-43)54-48-31-30-42(46-29-15-28-45(49(46)56)38-20-9-3-10-21-38)34-47(48)41-25-13-24-40(32-41)37-18-7-2-8-19-37/h1-34,50,54,56H,35,52H2,(H,53,55). The van der Waals surface area contributed by atoms with Gasteiger partial charge < -0.3 is 16.4 Å². The molecule has 272 valence electrons. The van der Waals surface area contributed by atoms with E-state index in [0.717, 1.165) is 77.7 Å². The van der Waals surface area contributed by atoms with Gasteiger partial charge in [0, 0.05) is 27.4 Å². The molecular formula is C51H42N4S. The maximum atomic E-state index is 6.88. The summed E-state index contributed by atoms with van der Waals surface area (Å²) in [7, 11) is 0. The largest absolute Gasteiger partial charge is 0.355 e. The zero-order valence-electron chi connectivity index (χ0n) is 30.9. The lowest BCUT2D eigenvalue weighted by Gasteiger charge is -2.20. The number of nitrogens with one attached hydrogen (secondary N) is 2. The van der Waals surface area contributed by atoms with Crippen LogP contribution in [0.25, 0.3) is 44.5 Å². The number of benzene rings is 8. The number of nitrogens with two attached hydrogens (primary N) is 1. The van der Waals surface area contributed by atoms with Crippen molar-refractivity contribution in [3.63, 3.8) is 0 Å². The molecule has 0 aliphatic rings. The molecule has 8 aromatic carbocycles. The number of amidine groups is 1. The molecule has 8 aromatic rings. The molecule has 0 radical (unpaired) electrons. The molecule has 0 saturated carbocycles. The maximum absolute atomic E-state index is 6.88. The van der Waals surface area contributed by atoms with E-state index < -0.39 is 6.17 Å². The molecular weight excluding hydrogens is 701 g/mol. The van der Waals surface area contributed by atoms with Crippen LogP contribution in [0.1, 0.15) is 22.9 Å². The highest BCUT2D eigenvalue weighted by atomic mass is 32.1. The van der Waals surface area contributed by atoms with Gasteiger partial charge in [-0.15, -0.1) is 12.6 Å². The first-order valence-electron chi connectivity index (χ1n) is 18.8. The van der Waals surface area contributed by atoms with Gasteiger partial charge in [0.05, 0.1) is 6.54 Å². The fourth-order valence-electron chi connectivity index (χ4n) is 6.95. The third kappa shape index (κ3) is 8.50. The monoisotopic (exact) mass is 742 g/mol. The maximum Gasteiger partial charge on any atom is 0.130 e. The van der Waals surface area contributed by atoms with Crippen molar-refractivity contribution < 1.29 is 0 Å². The summed E-state index contributed by atoms with van der Waals surface area (Å²) in [5.41, 5.74) is 20.7. The van der Waals surface area contributed by atoms with Crippen LogP contribution in [0.3, 0.4) is 0 Å². The zero-order valence-corrected chi connectivity index (χ0v) is 31.8. The van der Waals surface area contributed by atoms with E-state index in [2.05, 4.69) is 144 Å². The Morgan fingerprint density at radius 1 is 0.500 bits per heavy atom. The predicted molar refractivity (Wildman–Crippen MR) is 238 cm³/mol. The lowest BCUT2D eigenvalue weighted by Crippen LogP contribution is -2.34. The molecule has 4 N–H and O–H groups in total. The van der Waals surface area contributed by atoms with Gasteiger partial charge in [0.1, 0.15) is 12.0 Å². The first kappa shape index (κ1) is 36.3. The third-order valence-corrected chi connectivity index (χ3v) is 10.3. The Morgan fingerprint density at radius 2 is 1.07 bits per heavy atom. The van der Waals surface area contributed by atoms with Gasteiger partial charge in [0.15, 0.2) is 0 Å². The fraction of sp³-hybridized carbons (Fsp3) is 0.0392. The Balaban J connectivity index is 1.13. The van der Waals surface area contributed by atoms with Crippen LogP contribution in [-0.2, 0) is 6.54 Å². The molecule has 1 atom stereocenters. The van der Waals surface area contributed by atoms with Crippen molar-refractivity contribution in [2.24, 2.45) is 10.7 Å². The predicted octanol–water partition coefficient (Wildman–Crippen LogP) is 12.6. The van der Waals surface area contributed by atoms with E-state index in [-0.39, 0.29) is 0 Å². The van der Waals surface area contributed by atoms with Crippen LogP contribution in [-0.4, -0.2) is 5.84 Å². The van der Waals surface area contributed by atoms with Crippen molar-refractivity contribution in [1.29, 1.82) is 0 Å². The van der Waals surface area contributed by atoms with Crippen molar-refractivity contribution in [3.05, 3.63) is 223 Å². The second-order valence-electron chi connectivity index (χ2n) is 13.7. The molecule has 0 amide bonds. The van der Waals surface area contributed by atoms with Gasteiger partial charge in [-0.05, 0) is 80.4 Å². The van der Waals surface area contributed by atoms with Crippen molar-refractivity contribution in [2.45, 2.75) is 17.6 Å². The van der Waals surface area contributed by atoms with Crippen LogP contribution in [0.5, 0.6) is 0 Å². The van der Waals surface area contributed by atoms with Crippen molar-refractivity contribution in [1.82, 2.24) is 5.32 Å². The van der Waals surface area contributed by atoms with E-state index in [1.165, 1.54) is 5.56 Å². The molecule has 0 aliphatic heterocycles. The highest BCUT2D eigenvalue weighted by Gasteiger charge is 2.15. The summed E-state index contributed by atoms with van der Waals surface area (Å²) in [5.74, 6) is 0.747. The summed E-state index contributed by atoms with van der Waals surface area (Å²) in [6.45, 7) is 0.544. The third-order valence-electron chi connectivity index (χ3n) is 9.86. The minimum absolute atomic E-state index is 0.499. The summed E-state index contributed by atoms with van der Waals surface area (Å²) in [6.07, 6.45) is -0.499. The SMILES string of the molecule is NC(N/C(=N\Cc1ccccc1)c1ccccc1)c1cccc(Nc2ccc(-c3cccc(-c4ccccc4)c3S)cc2-c2cccc(-c3ccccc3)c2)c1. The van der Waals surface area contributed by atoms with Gasteiger partial charge in [-0.1, -0.05) is 176 Å². The molecule has 0 bridgehead atoms. The number of rotatable bonds is 11. The first-order chi connectivity index (χ1) is 27.6. The number of anilines is 2. The first-order valence-corrected chi connectivity index (χ1v) is 19.2. The summed E-state index contributed by atoms with van der Waals surface area (Å²) in [6, 6.07) is 71.3. The molecule has 0 fully saturated rings. The summed E-state index contributed by atoms with van der Waals surface area (Å²) >= 11 is 5.09. The van der Waals surface area contributed by atoms with E-state index >= 15 is 0 Å². The minimum Gasteiger partial charge on any atom is -0.355 e. The molecule has 0 saturated heterocycles. The average molecular weight is 743 g/mol. The Morgan fingerprint density at radius 3 is 1.80 bits per heavy atom. The van der Waals surface area contributed by atoms with Crippen LogP contribution in [0.15, 0.2) is 216 Å². The topological polar surface area (TPSA) is 62.4 Å². The van der Waals surface area contributed by atoms with Gasteiger partial charge in [-0.2, -0.15) is 0 Å². The molecule has 4 nitrogen and oxygen atoms in total. The van der Waals surface area contributed by atoms with E-state index in [1.807, 2.05) is 72.8 Å². The van der Waals surface area contributed by atoms with E-state index in [9.17, 15) is 0 Å². The number of thiol groups is 1. The van der Waals surface area contributed by atoms with E-state index in [0.29, 0.717) is 6.54 Å². The summed E-state index contributed by atoms with van der Waals surface area (Å²) in [5, 5.41) is 7.26. The van der Waals surface area contributed by atoms with E-state index in [1.54, 1.807) is 0 Å². The average Bonchev–Trinajstić information content (AvgIpc) is 3.27. The Labute approximate surface area is 334 Å². The van der Waals surface area contributed by atoms with Gasteiger partial charge in [-0.25, -0.2) is 0 Å². The summed E-state index contributed by atoms with van der Waals surface area (Å²) in [4.78, 5) is 5.90. The van der Waals surface area contributed by atoms with Crippen LogP contribution < -0.4 is 16.4 Å². The quantitative estimate of drug-likeness (QED) is 0.0462. The molecule has 1 unspecified atom stereocenters. The Bertz CT molecular complexity index is 2570. The molecule has 0 heterocycles. The second-order valence-corrected chi connectivity index (χ2v) is 14.1. The van der Waals surface area contributed by atoms with Gasteiger partial charge in [0.25, 0.3) is 0 Å².